The number of ketones is 1. The molecule has 38 heavy (non-hydrogen) atoms. The summed E-state index contributed by atoms with van der Waals surface area (Å²) in [5, 5.41) is 10.8. The van der Waals surface area contributed by atoms with Crippen LogP contribution in [0.1, 0.15) is 34.8 Å². The van der Waals surface area contributed by atoms with Crippen molar-refractivity contribution in [3.05, 3.63) is 114 Å². The standard InChI is InChI=1S/C31H26FNO5/c1-37-25-15-16-26(28(35)19-25)30-29(18-17-27(34)22-7-11-23(32)12-8-22)38-31(36)33(30)24-13-9-21(10-14-24)20-5-3-2-4-6-20/h2-16,19,29-30,35H,17-18H2,1H3/t29-,30-/m1/s1. The fourth-order valence-electron chi connectivity index (χ4n) is 4.75. The molecule has 4 aromatic rings. The van der Waals surface area contributed by atoms with E-state index in [1.807, 2.05) is 54.6 Å². The number of phenols is 1. The molecule has 0 aromatic heterocycles. The van der Waals surface area contributed by atoms with Crippen LogP contribution >= 0.6 is 0 Å². The summed E-state index contributed by atoms with van der Waals surface area (Å²) >= 11 is 0. The van der Waals surface area contributed by atoms with Crippen molar-refractivity contribution in [1.82, 2.24) is 0 Å². The molecule has 1 heterocycles. The van der Waals surface area contributed by atoms with Gasteiger partial charge in [-0.1, -0.05) is 42.5 Å². The van der Waals surface area contributed by atoms with Gasteiger partial charge in [-0.25, -0.2) is 9.18 Å². The number of methoxy groups -OCH3 is 1. The van der Waals surface area contributed by atoms with E-state index >= 15 is 0 Å². The summed E-state index contributed by atoms with van der Waals surface area (Å²) < 4.78 is 24.3. The van der Waals surface area contributed by atoms with E-state index in [2.05, 4.69) is 0 Å². The molecule has 1 N–H and O–H groups in total. The second kappa shape index (κ2) is 10.8. The van der Waals surface area contributed by atoms with Crippen molar-refractivity contribution < 1.29 is 28.6 Å². The lowest BCUT2D eigenvalue weighted by atomic mass is 9.94. The van der Waals surface area contributed by atoms with E-state index in [1.54, 1.807) is 12.1 Å². The van der Waals surface area contributed by atoms with Gasteiger partial charge in [-0.05, 0) is 66.1 Å². The highest BCUT2D eigenvalue weighted by Crippen LogP contribution is 2.43. The van der Waals surface area contributed by atoms with E-state index < -0.39 is 24.1 Å². The average Bonchev–Trinajstić information content (AvgIpc) is 3.28. The summed E-state index contributed by atoms with van der Waals surface area (Å²) in [7, 11) is 1.50. The van der Waals surface area contributed by atoms with Gasteiger partial charge in [-0.15, -0.1) is 0 Å². The lowest BCUT2D eigenvalue weighted by Crippen LogP contribution is -2.29. The fraction of sp³-hybridized carbons (Fsp3) is 0.161. The van der Waals surface area contributed by atoms with Crippen LogP contribution < -0.4 is 9.64 Å². The topological polar surface area (TPSA) is 76.1 Å². The highest BCUT2D eigenvalue weighted by atomic mass is 19.1. The predicted molar refractivity (Wildman–Crippen MR) is 142 cm³/mol. The van der Waals surface area contributed by atoms with Gasteiger partial charge in [0, 0.05) is 29.3 Å². The van der Waals surface area contributed by atoms with E-state index in [4.69, 9.17) is 9.47 Å². The highest BCUT2D eigenvalue weighted by Gasteiger charge is 2.44. The molecular weight excluding hydrogens is 485 g/mol. The van der Waals surface area contributed by atoms with Crippen molar-refractivity contribution in [2.24, 2.45) is 0 Å². The van der Waals surface area contributed by atoms with Crippen LogP contribution in [0, 0.1) is 5.82 Å². The van der Waals surface area contributed by atoms with Gasteiger partial charge in [0.05, 0.1) is 7.11 Å². The molecule has 0 radical (unpaired) electrons. The van der Waals surface area contributed by atoms with E-state index in [0.717, 1.165) is 11.1 Å². The number of hydrogen-bond acceptors (Lipinski definition) is 5. The Labute approximate surface area is 219 Å². The molecular formula is C31H26FNO5. The summed E-state index contributed by atoms with van der Waals surface area (Å²) in [4.78, 5) is 27.5. The second-order valence-corrected chi connectivity index (χ2v) is 9.04. The number of ether oxygens (including phenoxy) is 2. The van der Waals surface area contributed by atoms with Gasteiger partial charge in [0.25, 0.3) is 0 Å². The summed E-state index contributed by atoms with van der Waals surface area (Å²) in [6.45, 7) is 0. The maximum atomic E-state index is 13.3. The van der Waals surface area contributed by atoms with Crippen LogP contribution in [0.15, 0.2) is 97.1 Å². The number of rotatable bonds is 8. The Bertz CT molecular complexity index is 1440. The zero-order chi connectivity index (χ0) is 26.6. The normalized spacial score (nSPS) is 16.8. The quantitative estimate of drug-likeness (QED) is 0.260. The minimum absolute atomic E-state index is 0.0478. The minimum Gasteiger partial charge on any atom is -0.507 e. The molecule has 0 unspecified atom stereocenters. The van der Waals surface area contributed by atoms with Crippen molar-refractivity contribution in [3.63, 3.8) is 0 Å². The van der Waals surface area contributed by atoms with E-state index in [9.17, 15) is 19.1 Å². The fourth-order valence-corrected chi connectivity index (χ4v) is 4.75. The van der Waals surface area contributed by atoms with Crippen LogP contribution in [-0.2, 0) is 4.74 Å². The van der Waals surface area contributed by atoms with Gasteiger partial charge in [0.15, 0.2) is 5.78 Å². The molecule has 1 aliphatic rings. The first-order valence-corrected chi connectivity index (χ1v) is 12.3. The summed E-state index contributed by atoms with van der Waals surface area (Å²) in [5.74, 6) is -0.189. The van der Waals surface area contributed by atoms with E-state index in [-0.39, 0.29) is 24.4 Å². The number of benzene rings is 4. The van der Waals surface area contributed by atoms with Crippen LogP contribution in [0.5, 0.6) is 11.5 Å². The molecule has 7 heteroatoms. The maximum absolute atomic E-state index is 13.3. The monoisotopic (exact) mass is 511 g/mol. The van der Waals surface area contributed by atoms with Gasteiger partial charge in [-0.2, -0.15) is 0 Å². The van der Waals surface area contributed by atoms with Crippen molar-refractivity contribution in [2.75, 3.05) is 12.0 Å². The van der Waals surface area contributed by atoms with Crippen molar-refractivity contribution in [1.29, 1.82) is 0 Å². The second-order valence-electron chi connectivity index (χ2n) is 9.04. The Morgan fingerprint density at radius 3 is 2.29 bits per heavy atom. The van der Waals surface area contributed by atoms with Crippen molar-refractivity contribution >= 4 is 17.6 Å². The van der Waals surface area contributed by atoms with Crippen LogP contribution in [-0.4, -0.2) is 30.2 Å². The highest BCUT2D eigenvalue weighted by molar-refractivity contribution is 5.96. The third-order valence-electron chi connectivity index (χ3n) is 6.71. The first-order valence-electron chi connectivity index (χ1n) is 12.3. The largest absolute Gasteiger partial charge is 0.507 e. The number of aromatic hydroxyl groups is 1. The number of halogens is 1. The number of nitrogens with zero attached hydrogens (tertiary/aromatic N) is 1. The Morgan fingerprint density at radius 1 is 0.947 bits per heavy atom. The zero-order valence-corrected chi connectivity index (χ0v) is 20.7. The Balaban J connectivity index is 1.45. The summed E-state index contributed by atoms with van der Waals surface area (Å²) in [5.41, 5.74) is 3.50. The van der Waals surface area contributed by atoms with Crippen molar-refractivity contribution in [2.45, 2.75) is 25.0 Å². The molecule has 1 fully saturated rings. The number of carbonyl (C=O) groups excluding carboxylic acids is 2. The van der Waals surface area contributed by atoms with Gasteiger partial charge >= 0.3 is 6.09 Å². The van der Waals surface area contributed by atoms with Crippen LogP contribution in [0.3, 0.4) is 0 Å². The molecule has 0 bridgehead atoms. The van der Waals surface area contributed by atoms with Crippen LogP contribution in [0.4, 0.5) is 14.9 Å². The summed E-state index contributed by atoms with van der Waals surface area (Å²) in [6.07, 6.45) is -0.981. The first-order chi connectivity index (χ1) is 18.4. The van der Waals surface area contributed by atoms with Crippen LogP contribution in [0.25, 0.3) is 11.1 Å². The van der Waals surface area contributed by atoms with Crippen molar-refractivity contribution in [3.8, 4) is 22.6 Å². The Kier molecular flexibility index (Phi) is 7.09. The number of amides is 1. The van der Waals surface area contributed by atoms with E-state index in [1.165, 1.54) is 42.3 Å². The molecule has 1 aliphatic heterocycles. The number of anilines is 1. The van der Waals surface area contributed by atoms with Gasteiger partial charge < -0.3 is 14.6 Å². The number of phenolic OH excluding ortho intramolecular Hbond substituents is 1. The smallest absolute Gasteiger partial charge is 0.415 e. The molecule has 192 valence electrons. The number of hydrogen-bond donors (Lipinski definition) is 1. The molecule has 4 aromatic carbocycles. The van der Waals surface area contributed by atoms with Gasteiger partial charge in [-0.3, -0.25) is 9.69 Å². The number of Topliss-reactive ketones (excluding diaryl/α,β-unsaturated/α-hetero) is 1. The molecule has 2 atom stereocenters. The summed E-state index contributed by atoms with van der Waals surface area (Å²) in [6, 6.07) is 26.9. The third-order valence-corrected chi connectivity index (χ3v) is 6.71. The Morgan fingerprint density at radius 2 is 1.63 bits per heavy atom. The molecule has 6 nitrogen and oxygen atoms in total. The first kappa shape index (κ1) is 25.0. The number of cyclic esters (lactones) is 1. The van der Waals surface area contributed by atoms with Crippen LogP contribution in [0.2, 0.25) is 0 Å². The van der Waals surface area contributed by atoms with Gasteiger partial charge in [0.1, 0.15) is 29.5 Å². The molecule has 1 amide bonds. The third kappa shape index (κ3) is 5.09. The van der Waals surface area contributed by atoms with E-state index in [0.29, 0.717) is 22.6 Å². The molecule has 0 saturated carbocycles. The molecule has 1 saturated heterocycles. The SMILES string of the molecule is COc1ccc([C@@H]2[C@@H](CCC(=O)c3ccc(F)cc3)OC(=O)N2c2ccc(-c3ccccc3)cc2)c(O)c1. The predicted octanol–water partition coefficient (Wildman–Crippen LogP) is 6.94. The molecule has 5 rings (SSSR count). The molecule has 0 aliphatic carbocycles. The average molecular weight is 512 g/mol. The lowest BCUT2D eigenvalue weighted by molar-refractivity contribution is 0.0921. The lowest BCUT2D eigenvalue weighted by Gasteiger charge is -2.26. The minimum atomic E-state index is -0.708. The Hall–Kier alpha value is -4.65. The molecule has 0 spiro atoms. The zero-order valence-electron chi connectivity index (χ0n) is 20.7. The number of carbonyl (C=O) groups is 2. The van der Waals surface area contributed by atoms with Gasteiger partial charge in [0.2, 0.25) is 0 Å². The maximum Gasteiger partial charge on any atom is 0.415 e.